The molecule has 1 aliphatic heterocycles. The van der Waals surface area contributed by atoms with Gasteiger partial charge in [-0.2, -0.15) is 0 Å². The molecule has 0 spiro atoms. The Morgan fingerprint density at radius 2 is 1.71 bits per heavy atom. The van der Waals surface area contributed by atoms with Gasteiger partial charge in [0, 0.05) is 11.8 Å². The number of aliphatic imine (C=N–C) groups is 1. The van der Waals surface area contributed by atoms with Crippen LogP contribution in [-0.4, -0.2) is 30.0 Å². The molecule has 0 aromatic rings. The first-order chi connectivity index (χ1) is 10.2. The molecule has 21 heavy (non-hydrogen) atoms. The zero-order valence-corrected chi connectivity index (χ0v) is 12.7. The van der Waals surface area contributed by atoms with Gasteiger partial charge in [0.1, 0.15) is 5.78 Å². The lowest BCUT2D eigenvalue weighted by Gasteiger charge is -2.36. The van der Waals surface area contributed by atoms with Crippen molar-refractivity contribution in [2.45, 2.75) is 76.3 Å². The average Bonchev–Trinajstić information content (AvgIpc) is 2.45. The third-order valence-electron chi connectivity index (χ3n) is 5.43. The molecule has 2 saturated carbocycles. The SMILES string of the molecule is O=C1C=NC2CCC(C(=O)C3CCCCCCC3)CC2N1. The van der Waals surface area contributed by atoms with E-state index in [1.54, 1.807) is 0 Å². The number of nitrogens with zero attached hydrogens (tertiary/aromatic N) is 1. The Morgan fingerprint density at radius 3 is 2.48 bits per heavy atom. The molecule has 0 radical (unpaired) electrons. The normalized spacial score (nSPS) is 34.5. The number of hydrogen-bond acceptors (Lipinski definition) is 3. The van der Waals surface area contributed by atoms with Crippen LogP contribution in [0.5, 0.6) is 0 Å². The standard InChI is InChI=1S/C17H26N2O2/c20-16-11-18-14-9-8-13(10-15(14)19-16)17(21)12-6-4-2-1-3-5-7-12/h11-15H,1-10H2,(H,19,20). The van der Waals surface area contributed by atoms with Crippen LogP contribution in [0.4, 0.5) is 0 Å². The molecule has 1 N–H and O–H groups in total. The van der Waals surface area contributed by atoms with Gasteiger partial charge in [0.25, 0.3) is 5.91 Å². The van der Waals surface area contributed by atoms with Crippen LogP contribution in [0.2, 0.25) is 0 Å². The number of carbonyl (C=O) groups excluding carboxylic acids is 2. The number of Topliss-reactive ketones (excluding diaryl/α,β-unsaturated/α-hetero) is 1. The highest BCUT2D eigenvalue weighted by atomic mass is 16.2. The topological polar surface area (TPSA) is 58.5 Å². The van der Waals surface area contributed by atoms with Crippen molar-refractivity contribution in [3.63, 3.8) is 0 Å². The average molecular weight is 290 g/mol. The lowest BCUT2D eigenvalue weighted by molar-refractivity contribution is -0.129. The first-order valence-electron chi connectivity index (χ1n) is 8.61. The monoisotopic (exact) mass is 290 g/mol. The van der Waals surface area contributed by atoms with Gasteiger partial charge in [-0.25, -0.2) is 0 Å². The third kappa shape index (κ3) is 3.53. The fourth-order valence-corrected chi connectivity index (χ4v) is 4.20. The zero-order valence-electron chi connectivity index (χ0n) is 12.7. The van der Waals surface area contributed by atoms with Gasteiger partial charge in [-0.1, -0.05) is 32.1 Å². The van der Waals surface area contributed by atoms with Gasteiger partial charge in [0.05, 0.1) is 18.3 Å². The van der Waals surface area contributed by atoms with Gasteiger partial charge in [-0.3, -0.25) is 14.6 Å². The number of hydrogen-bond donors (Lipinski definition) is 1. The summed E-state index contributed by atoms with van der Waals surface area (Å²) in [6, 6.07) is 0.280. The summed E-state index contributed by atoms with van der Waals surface area (Å²) in [4.78, 5) is 28.6. The van der Waals surface area contributed by atoms with Gasteiger partial charge in [-0.15, -0.1) is 0 Å². The van der Waals surface area contributed by atoms with Gasteiger partial charge in [0.2, 0.25) is 0 Å². The van der Waals surface area contributed by atoms with E-state index in [0.29, 0.717) is 5.78 Å². The Labute approximate surface area is 126 Å². The molecule has 2 aliphatic carbocycles. The fourth-order valence-electron chi connectivity index (χ4n) is 4.20. The lowest BCUT2D eigenvalue weighted by atomic mass is 9.74. The molecule has 2 fully saturated rings. The highest BCUT2D eigenvalue weighted by Crippen LogP contribution is 2.33. The molecule has 3 aliphatic rings. The highest BCUT2D eigenvalue weighted by Gasteiger charge is 2.37. The maximum absolute atomic E-state index is 12.8. The van der Waals surface area contributed by atoms with Gasteiger partial charge in [0.15, 0.2) is 0 Å². The Balaban J connectivity index is 1.60. The molecule has 1 amide bonds. The Bertz CT molecular complexity index is 425. The van der Waals surface area contributed by atoms with Crippen molar-refractivity contribution in [2.24, 2.45) is 16.8 Å². The van der Waals surface area contributed by atoms with E-state index in [0.717, 1.165) is 32.1 Å². The quantitative estimate of drug-likeness (QED) is 0.850. The number of amides is 1. The zero-order chi connectivity index (χ0) is 14.7. The van der Waals surface area contributed by atoms with E-state index in [9.17, 15) is 9.59 Å². The lowest BCUT2D eigenvalue weighted by Crippen LogP contribution is -2.51. The van der Waals surface area contributed by atoms with Crippen molar-refractivity contribution < 1.29 is 9.59 Å². The largest absolute Gasteiger partial charge is 0.346 e. The second-order valence-corrected chi connectivity index (χ2v) is 6.91. The maximum Gasteiger partial charge on any atom is 0.262 e. The van der Waals surface area contributed by atoms with Crippen LogP contribution in [0.1, 0.15) is 64.2 Å². The number of nitrogens with one attached hydrogen (secondary N) is 1. The molecule has 3 unspecified atom stereocenters. The second kappa shape index (κ2) is 6.71. The van der Waals surface area contributed by atoms with Crippen molar-refractivity contribution in [3.05, 3.63) is 0 Å². The van der Waals surface area contributed by atoms with Crippen LogP contribution in [0.15, 0.2) is 4.99 Å². The molecule has 3 atom stereocenters. The summed E-state index contributed by atoms with van der Waals surface area (Å²) in [5, 5.41) is 2.99. The van der Waals surface area contributed by atoms with E-state index in [1.807, 2.05) is 0 Å². The second-order valence-electron chi connectivity index (χ2n) is 6.91. The van der Waals surface area contributed by atoms with E-state index >= 15 is 0 Å². The number of fused-ring (bicyclic) bond motifs is 1. The molecule has 116 valence electrons. The summed E-state index contributed by atoms with van der Waals surface area (Å²) in [5.41, 5.74) is 0. The highest BCUT2D eigenvalue weighted by molar-refractivity contribution is 6.26. The van der Waals surface area contributed by atoms with Crippen molar-refractivity contribution in [2.75, 3.05) is 0 Å². The van der Waals surface area contributed by atoms with E-state index in [1.165, 1.54) is 38.3 Å². The van der Waals surface area contributed by atoms with E-state index in [4.69, 9.17) is 0 Å². The molecule has 0 aromatic heterocycles. The fraction of sp³-hybridized carbons (Fsp3) is 0.824. The summed E-state index contributed by atoms with van der Waals surface area (Å²) in [7, 11) is 0. The summed E-state index contributed by atoms with van der Waals surface area (Å²) in [5.74, 6) is 0.786. The molecule has 4 nitrogen and oxygen atoms in total. The Morgan fingerprint density at radius 1 is 1.00 bits per heavy atom. The Kier molecular flexibility index (Phi) is 4.71. The third-order valence-corrected chi connectivity index (χ3v) is 5.43. The molecule has 3 rings (SSSR count). The smallest absolute Gasteiger partial charge is 0.262 e. The van der Waals surface area contributed by atoms with Crippen LogP contribution < -0.4 is 5.32 Å². The molecule has 0 saturated heterocycles. The number of ketones is 1. The van der Waals surface area contributed by atoms with Crippen molar-refractivity contribution in [3.8, 4) is 0 Å². The summed E-state index contributed by atoms with van der Waals surface area (Å²) in [6.07, 6.45) is 12.5. The van der Waals surface area contributed by atoms with Gasteiger partial charge < -0.3 is 5.32 Å². The minimum atomic E-state index is -0.102. The van der Waals surface area contributed by atoms with E-state index in [2.05, 4.69) is 10.3 Å². The van der Waals surface area contributed by atoms with Gasteiger partial charge >= 0.3 is 0 Å². The van der Waals surface area contributed by atoms with Crippen molar-refractivity contribution in [1.29, 1.82) is 0 Å². The van der Waals surface area contributed by atoms with E-state index < -0.39 is 0 Å². The predicted molar refractivity (Wildman–Crippen MR) is 82.4 cm³/mol. The van der Waals surface area contributed by atoms with E-state index in [-0.39, 0.29) is 29.8 Å². The van der Waals surface area contributed by atoms with Crippen LogP contribution in [0, 0.1) is 11.8 Å². The summed E-state index contributed by atoms with van der Waals surface area (Å²) in [6.45, 7) is 0. The van der Waals surface area contributed by atoms with Crippen LogP contribution in [0.3, 0.4) is 0 Å². The van der Waals surface area contributed by atoms with Crippen LogP contribution in [-0.2, 0) is 9.59 Å². The maximum atomic E-state index is 12.8. The first kappa shape index (κ1) is 14.7. The summed E-state index contributed by atoms with van der Waals surface area (Å²) >= 11 is 0. The molecular weight excluding hydrogens is 264 g/mol. The molecular formula is C17H26N2O2. The number of rotatable bonds is 2. The number of carbonyl (C=O) groups is 2. The van der Waals surface area contributed by atoms with Crippen LogP contribution >= 0.6 is 0 Å². The van der Waals surface area contributed by atoms with Crippen molar-refractivity contribution in [1.82, 2.24) is 5.32 Å². The molecule has 1 heterocycles. The first-order valence-corrected chi connectivity index (χ1v) is 8.61. The molecule has 0 aromatic carbocycles. The minimum absolute atomic E-state index is 0.0822. The minimum Gasteiger partial charge on any atom is -0.346 e. The van der Waals surface area contributed by atoms with Gasteiger partial charge in [-0.05, 0) is 32.1 Å². The van der Waals surface area contributed by atoms with Crippen LogP contribution in [0.25, 0.3) is 0 Å². The molecule has 4 heteroatoms. The summed E-state index contributed by atoms with van der Waals surface area (Å²) < 4.78 is 0. The Hall–Kier alpha value is -1.19. The predicted octanol–water partition coefficient (Wildman–Crippen LogP) is 2.65. The van der Waals surface area contributed by atoms with Crippen molar-refractivity contribution >= 4 is 17.9 Å². The molecule has 0 bridgehead atoms.